The minimum Gasteiger partial charge on any atom is -0.497 e. The van der Waals surface area contributed by atoms with Crippen LogP contribution in [0.25, 0.3) is 0 Å². The number of aliphatic hydroxyl groups is 1. The first-order chi connectivity index (χ1) is 19.1. The number of nitrogens with zero attached hydrogens (tertiary/aromatic N) is 4. The van der Waals surface area contributed by atoms with Crippen molar-refractivity contribution < 1.29 is 24.2 Å². The lowest BCUT2D eigenvalue weighted by Crippen LogP contribution is -2.46. The largest absolute Gasteiger partial charge is 0.497 e. The van der Waals surface area contributed by atoms with Gasteiger partial charge in [0, 0.05) is 36.3 Å². The van der Waals surface area contributed by atoms with Crippen molar-refractivity contribution in [1.29, 1.82) is 0 Å². The number of benzene rings is 2. The first-order valence-electron chi connectivity index (χ1n) is 13.7. The minimum atomic E-state index is -2.78. The van der Waals surface area contributed by atoms with Crippen LogP contribution < -0.4 is 9.64 Å². The van der Waals surface area contributed by atoms with Crippen molar-refractivity contribution in [3.05, 3.63) is 84.2 Å². The summed E-state index contributed by atoms with van der Waals surface area (Å²) in [6.07, 6.45) is 3.73. The van der Waals surface area contributed by atoms with Crippen LogP contribution in [0.1, 0.15) is 36.1 Å². The first kappa shape index (κ1) is 28.2. The van der Waals surface area contributed by atoms with E-state index in [1.807, 2.05) is 74.7 Å². The summed E-state index contributed by atoms with van der Waals surface area (Å²) in [6, 6.07) is 15.4. The zero-order valence-electron chi connectivity index (χ0n) is 23.5. The second-order valence-corrected chi connectivity index (χ2v) is 15.3. The zero-order valence-corrected chi connectivity index (χ0v) is 24.5. The van der Waals surface area contributed by atoms with Crippen LogP contribution in [0.5, 0.6) is 5.75 Å². The second-order valence-electron chi connectivity index (χ2n) is 11.3. The number of rotatable bonds is 10. The lowest BCUT2D eigenvalue weighted by Gasteiger charge is -2.32. The molecule has 40 heavy (non-hydrogen) atoms. The molecule has 0 bridgehead atoms. The van der Waals surface area contributed by atoms with Crippen molar-refractivity contribution in [3.8, 4) is 5.75 Å². The Labute approximate surface area is 236 Å². The van der Waals surface area contributed by atoms with Crippen molar-refractivity contribution in [2.45, 2.75) is 56.1 Å². The summed E-state index contributed by atoms with van der Waals surface area (Å²) in [4.78, 5) is 27.3. The van der Waals surface area contributed by atoms with Crippen LogP contribution in [0.3, 0.4) is 0 Å². The van der Waals surface area contributed by atoms with Gasteiger partial charge in [0.1, 0.15) is 5.75 Å². The fourth-order valence-corrected chi connectivity index (χ4v) is 9.26. The van der Waals surface area contributed by atoms with E-state index in [4.69, 9.17) is 9.47 Å². The molecular weight excluding hydrogens is 524 g/mol. The van der Waals surface area contributed by atoms with E-state index in [0.717, 1.165) is 16.8 Å². The predicted octanol–water partition coefficient (Wildman–Crippen LogP) is 3.83. The second kappa shape index (κ2) is 10.9. The molecule has 2 aliphatic heterocycles. The monoisotopic (exact) mass is 562 g/mol. The highest BCUT2D eigenvalue weighted by molar-refractivity contribution is 6.71. The van der Waals surface area contributed by atoms with Crippen LogP contribution in [-0.2, 0) is 21.7 Å². The van der Waals surface area contributed by atoms with Crippen LogP contribution >= 0.6 is 0 Å². The molecule has 9 nitrogen and oxygen atoms in total. The van der Waals surface area contributed by atoms with Crippen LogP contribution in [0.4, 0.5) is 5.69 Å². The summed E-state index contributed by atoms with van der Waals surface area (Å²) in [5.41, 5.74) is 1.79. The van der Waals surface area contributed by atoms with Crippen molar-refractivity contribution >= 4 is 19.9 Å². The Morgan fingerprint density at radius 1 is 1.25 bits per heavy atom. The van der Waals surface area contributed by atoms with E-state index in [9.17, 15) is 14.7 Å². The lowest BCUT2D eigenvalue weighted by molar-refractivity contribution is -0.145. The molecule has 2 N–H and O–H groups in total. The number of amides is 1. The van der Waals surface area contributed by atoms with Gasteiger partial charge in [-0.05, 0) is 43.3 Å². The maximum absolute atomic E-state index is 14.1. The number of hydrogen-bond donors (Lipinski definition) is 2. The Morgan fingerprint density at radius 3 is 2.65 bits per heavy atom. The number of ether oxygens (including phenoxy) is 2. The molecule has 0 aliphatic carbocycles. The Hall–Kier alpha value is -3.31. The van der Waals surface area contributed by atoms with Crippen molar-refractivity contribution in [3.63, 3.8) is 0 Å². The van der Waals surface area contributed by atoms with E-state index in [-0.39, 0.29) is 36.0 Å². The number of carbonyl (C=O) groups excluding carboxylic acids is 1. The third kappa shape index (κ3) is 4.68. The van der Waals surface area contributed by atoms with E-state index in [1.54, 1.807) is 22.8 Å². The Balaban J connectivity index is 1.44. The number of aliphatic hydroxyl groups excluding tert-OH is 1. The number of hydrogen-bond acceptors (Lipinski definition) is 7. The molecular formula is C30H38N4O5Si. The average molecular weight is 563 g/mol. The molecule has 3 heterocycles. The molecule has 2 aromatic carbocycles. The summed E-state index contributed by atoms with van der Waals surface area (Å²) in [6.45, 7) is 10.5. The molecule has 1 aromatic heterocycles. The van der Waals surface area contributed by atoms with Gasteiger partial charge in [0.05, 0.1) is 37.1 Å². The predicted molar refractivity (Wildman–Crippen MR) is 155 cm³/mol. The standard InChI is InChI=1S/C30H38N4O5Si/c1-6-15-34-26-13-12-22(38-3)17-24(26)30(29(34)36)20(2)28(40(4,5)37)27(39-30)14-16-33-18-25(31-32-33)23(19-35)21-10-8-7-9-11-21/h6-13,17-18,20,23,27-28,35,37H,1,14-16,19H2,2-5H3/t20-,23?,27+,28-,30+/m1/s1. The molecule has 3 aromatic rings. The maximum atomic E-state index is 14.1. The summed E-state index contributed by atoms with van der Waals surface area (Å²) in [5, 5.41) is 18.7. The third-order valence-corrected chi connectivity index (χ3v) is 10.9. The summed E-state index contributed by atoms with van der Waals surface area (Å²) in [5.74, 6) is -0.0169. The third-order valence-electron chi connectivity index (χ3n) is 8.44. The molecule has 0 saturated carbocycles. The number of carbonyl (C=O) groups is 1. The topological polar surface area (TPSA) is 110 Å². The number of anilines is 1. The fourth-order valence-electron chi connectivity index (χ4n) is 6.66. The van der Waals surface area contributed by atoms with Crippen molar-refractivity contribution in [2.75, 3.05) is 25.2 Å². The quantitative estimate of drug-likeness (QED) is 0.285. The molecule has 5 atom stereocenters. The molecule has 1 fully saturated rings. The molecule has 0 radical (unpaired) electrons. The van der Waals surface area contributed by atoms with Gasteiger partial charge in [-0.3, -0.25) is 9.48 Å². The van der Waals surface area contributed by atoms with E-state index in [1.165, 1.54) is 0 Å². The van der Waals surface area contributed by atoms with Crippen LogP contribution in [0, 0.1) is 5.92 Å². The van der Waals surface area contributed by atoms with Gasteiger partial charge < -0.3 is 24.3 Å². The van der Waals surface area contributed by atoms with Gasteiger partial charge in [0.15, 0.2) is 13.9 Å². The molecule has 10 heteroatoms. The average Bonchev–Trinajstić information content (AvgIpc) is 3.59. The van der Waals surface area contributed by atoms with Crippen LogP contribution in [-0.4, -0.2) is 65.5 Å². The molecule has 2 aliphatic rings. The molecule has 212 valence electrons. The smallest absolute Gasteiger partial charge is 0.264 e. The van der Waals surface area contributed by atoms with Crippen molar-refractivity contribution in [1.82, 2.24) is 15.0 Å². The van der Waals surface area contributed by atoms with Crippen LogP contribution in [0.2, 0.25) is 18.6 Å². The minimum absolute atomic E-state index is 0.0763. The molecule has 5 rings (SSSR count). The first-order valence-corrected chi connectivity index (χ1v) is 16.8. The summed E-state index contributed by atoms with van der Waals surface area (Å²) < 4.78 is 14.1. The highest BCUT2D eigenvalue weighted by atomic mass is 28.4. The Morgan fingerprint density at radius 2 is 2.00 bits per heavy atom. The van der Waals surface area contributed by atoms with E-state index in [2.05, 4.69) is 16.9 Å². The van der Waals surface area contributed by atoms with Crippen LogP contribution in [0.15, 0.2) is 67.4 Å². The van der Waals surface area contributed by atoms with Gasteiger partial charge in [0.2, 0.25) is 0 Å². The van der Waals surface area contributed by atoms with Gasteiger partial charge in [-0.15, -0.1) is 11.7 Å². The van der Waals surface area contributed by atoms with Gasteiger partial charge in [0.25, 0.3) is 5.91 Å². The maximum Gasteiger partial charge on any atom is 0.264 e. The highest BCUT2D eigenvalue weighted by Gasteiger charge is 2.66. The van der Waals surface area contributed by atoms with Gasteiger partial charge >= 0.3 is 0 Å². The van der Waals surface area contributed by atoms with Gasteiger partial charge in [-0.1, -0.05) is 48.5 Å². The normalized spacial score (nSPS) is 24.9. The molecule has 1 amide bonds. The zero-order chi connectivity index (χ0) is 28.7. The lowest BCUT2D eigenvalue weighted by atomic mass is 9.82. The highest BCUT2D eigenvalue weighted by Crippen LogP contribution is 2.60. The van der Waals surface area contributed by atoms with E-state index < -0.39 is 13.9 Å². The molecule has 1 unspecified atom stereocenters. The SMILES string of the molecule is C=CCN1C(=O)[C@@]2(O[C@@H](CCn3cc(C(CO)c4ccccc4)nn3)[C@H]([Si](C)(C)O)[C@H]2C)c2cc(OC)ccc21. The Kier molecular flexibility index (Phi) is 7.71. The molecule has 1 spiro atoms. The molecule has 1 saturated heterocycles. The summed E-state index contributed by atoms with van der Waals surface area (Å²) in [7, 11) is -1.18. The number of methoxy groups -OCH3 is 1. The number of fused-ring (bicyclic) bond motifs is 2. The summed E-state index contributed by atoms with van der Waals surface area (Å²) >= 11 is 0. The van der Waals surface area contributed by atoms with Crippen molar-refractivity contribution in [2.24, 2.45) is 5.92 Å². The fraction of sp³-hybridized carbons (Fsp3) is 0.433. The van der Waals surface area contributed by atoms with Gasteiger partial charge in [-0.25, -0.2) is 0 Å². The number of aromatic nitrogens is 3. The van der Waals surface area contributed by atoms with E-state index in [0.29, 0.717) is 31.0 Å². The van der Waals surface area contributed by atoms with Gasteiger partial charge in [-0.2, -0.15) is 0 Å². The van der Waals surface area contributed by atoms with E-state index >= 15 is 0 Å². The number of aryl methyl sites for hydroxylation is 1. The Bertz CT molecular complexity index is 1370.